The Bertz CT molecular complexity index is 610. The van der Waals surface area contributed by atoms with E-state index < -0.39 is 16.1 Å². The first kappa shape index (κ1) is 15.9. The van der Waals surface area contributed by atoms with Crippen molar-refractivity contribution in [3.05, 3.63) is 29.8 Å². The Labute approximate surface area is 124 Å². The lowest BCUT2D eigenvalue weighted by molar-refractivity contribution is 0.0765. The van der Waals surface area contributed by atoms with Gasteiger partial charge in [0.25, 0.3) is 5.91 Å². The van der Waals surface area contributed by atoms with Gasteiger partial charge < -0.3 is 10.0 Å². The fourth-order valence-electron chi connectivity index (χ4n) is 2.26. The van der Waals surface area contributed by atoms with E-state index in [0.717, 1.165) is 0 Å². The van der Waals surface area contributed by atoms with Crippen LogP contribution in [0.4, 0.5) is 0 Å². The minimum Gasteiger partial charge on any atom is -0.391 e. The molecule has 7 heteroatoms. The molecule has 1 aliphatic heterocycles. The molecule has 1 heterocycles. The van der Waals surface area contributed by atoms with Gasteiger partial charge in [0.15, 0.2) is 0 Å². The molecular weight excluding hydrogens is 292 g/mol. The van der Waals surface area contributed by atoms with E-state index in [2.05, 4.69) is 4.72 Å². The van der Waals surface area contributed by atoms with Crippen LogP contribution in [0.3, 0.4) is 0 Å². The van der Waals surface area contributed by atoms with Crippen molar-refractivity contribution in [2.24, 2.45) is 0 Å². The summed E-state index contributed by atoms with van der Waals surface area (Å²) in [7, 11) is -3.54. The van der Waals surface area contributed by atoms with E-state index in [0.29, 0.717) is 25.1 Å². The van der Waals surface area contributed by atoms with Gasteiger partial charge in [0.1, 0.15) is 0 Å². The maximum Gasteiger partial charge on any atom is 0.253 e. The average Bonchev–Trinajstić information content (AvgIpc) is 2.83. The Kier molecular flexibility index (Phi) is 4.65. The van der Waals surface area contributed by atoms with E-state index in [1.807, 2.05) is 0 Å². The second-order valence-corrected chi connectivity index (χ2v) is 7.21. The summed E-state index contributed by atoms with van der Waals surface area (Å²) in [5.41, 5.74) is 0.424. The summed E-state index contributed by atoms with van der Waals surface area (Å²) >= 11 is 0. The van der Waals surface area contributed by atoms with Crippen LogP contribution < -0.4 is 4.72 Å². The number of carbonyl (C=O) groups is 1. The number of aliphatic hydroxyl groups is 1. The number of benzene rings is 1. The molecule has 0 aromatic heterocycles. The molecule has 6 nitrogen and oxygen atoms in total. The Hall–Kier alpha value is -1.44. The van der Waals surface area contributed by atoms with Gasteiger partial charge in [-0.05, 0) is 44.5 Å². The fourth-order valence-corrected chi connectivity index (χ4v) is 3.51. The highest BCUT2D eigenvalue weighted by Gasteiger charge is 2.25. The highest BCUT2D eigenvalue weighted by atomic mass is 32.2. The van der Waals surface area contributed by atoms with E-state index in [1.54, 1.807) is 18.7 Å². The number of aliphatic hydroxyl groups excluding tert-OH is 1. The first-order chi connectivity index (χ1) is 9.79. The summed E-state index contributed by atoms with van der Waals surface area (Å²) in [5, 5.41) is 9.45. The number of amides is 1. The van der Waals surface area contributed by atoms with Gasteiger partial charge in [-0.1, -0.05) is 0 Å². The van der Waals surface area contributed by atoms with E-state index >= 15 is 0 Å². The van der Waals surface area contributed by atoms with Crippen molar-refractivity contribution in [1.82, 2.24) is 9.62 Å². The van der Waals surface area contributed by atoms with Crippen molar-refractivity contribution >= 4 is 15.9 Å². The molecule has 1 unspecified atom stereocenters. The largest absolute Gasteiger partial charge is 0.391 e. The minimum atomic E-state index is -3.54. The molecule has 21 heavy (non-hydrogen) atoms. The van der Waals surface area contributed by atoms with Crippen molar-refractivity contribution in [1.29, 1.82) is 0 Å². The molecule has 2 N–H and O–H groups in total. The van der Waals surface area contributed by atoms with Crippen LogP contribution in [0, 0.1) is 0 Å². The maximum absolute atomic E-state index is 12.2. The van der Waals surface area contributed by atoms with E-state index in [-0.39, 0.29) is 16.8 Å². The molecule has 0 saturated carbocycles. The molecule has 1 saturated heterocycles. The fraction of sp³-hybridized carbons (Fsp3) is 0.500. The predicted molar refractivity (Wildman–Crippen MR) is 78.4 cm³/mol. The highest BCUT2D eigenvalue weighted by Crippen LogP contribution is 2.16. The smallest absolute Gasteiger partial charge is 0.253 e. The predicted octanol–water partition coefficient (Wildman–Crippen LogP) is 0.580. The first-order valence-electron chi connectivity index (χ1n) is 6.89. The molecule has 1 aromatic rings. The van der Waals surface area contributed by atoms with Crippen LogP contribution in [-0.2, 0) is 10.0 Å². The molecule has 1 aromatic carbocycles. The van der Waals surface area contributed by atoms with Crippen LogP contribution in [0.5, 0.6) is 0 Å². The van der Waals surface area contributed by atoms with Gasteiger partial charge in [0.05, 0.1) is 11.0 Å². The number of sulfonamides is 1. The van der Waals surface area contributed by atoms with Gasteiger partial charge in [-0.25, -0.2) is 13.1 Å². The molecule has 1 aliphatic rings. The molecule has 1 amide bonds. The summed E-state index contributed by atoms with van der Waals surface area (Å²) in [4.78, 5) is 13.9. The second kappa shape index (κ2) is 6.13. The van der Waals surface area contributed by atoms with Crippen LogP contribution in [0.2, 0.25) is 0 Å². The van der Waals surface area contributed by atoms with Gasteiger partial charge in [-0.3, -0.25) is 4.79 Å². The highest BCUT2D eigenvalue weighted by molar-refractivity contribution is 7.89. The Morgan fingerprint density at radius 2 is 1.95 bits per heavy atom. The molecule has 0 bridgehead atoms. The van der Waals surface area contributed by atoms with Crippen molar-refractivity contribution in [2.45, 2.75) is 37.3 Å². The number of β-amino-alcohol motifs (C(OH)–C–C–N with tert-alkyl or cyclic N) is 1. The van der Waals surface area contributed by atoms with Gasteiger partial charge >= 0.3 is 0 Å². The second-order valence-electron chi connectivity index (χ2n) is 5.49. The van der Waals surface area contributed by atoms with Crippen LogP contribution in [-0.4, -0.2) is 49.6 Å². The van der Waals surface area contributed by atoms with Crippen LogP contribution in [0.25, 0.3) is 0 Å². The third kappa shape index (κ3) is 3.81. The Balaban J connectivity index is 2.14. The summed E-state index contributed by atoms with van der Waals surface area (Å²) < 4.78 is 26.5. The molecule has 1 fully saturated rings. The molecule has 0 spiro atoms. The standard InChI is InChI=1S/C14H20N2O4S/c1-10(2)15-21(19,20)13-5-3-11(4-6-13)14(18)16-8-7-12(17)9-16/h3-6,10,12,15,17H,7-9H2,1-2H3. The van der Waals surface area contributed by atoms with Gasteiger partial charge in [0.2, 0.25) is 10.0 Å². The summed E-state index contributed by atoms with van der Waals surface area (Å²) in [5.74, 6) is -0.188. The number of nitrogens with one attached hydrogen (secondary N) is 1. The van der Waals surface area contributed by atoms with Crippen LogP contribution >= 0.6 is 0 Å². The third-order valence-electron chi connectivity index (χ3n) is 3.25. The summed E-state index contributed by atoms with van der Waals surface area (Å²) in [6.07, 6.45) is 0.111. The number of hydrogen-bond acceptors (Lipinski definition) is 4. The van der Waals surface area contributed by atoms with Crippen molar-refractivity contribution in [2.75, 3.05) is 13.1 Å². The zero-order valence-corrected chi connectivity index (χ0v) is 12.9. The molecule has 1 atom stereocenters. The van der Waals surface area contributed by atoms with Gasteiger partial charge in [0, 0.05) is 24.7 Å². The average molecular weight is 312 g/mol. The number of carbonyl (C=O) groups excluding carboxylic acids is 1. The van der Waals surface area contributed by atoms with Gasteiger partial charge in [-0.2, -0.15) is 0 Å². The third-order valence-corrected chi connectivity index (χ3v) is 4.93. The molecule has 116 valence electrons. The minimum absolute atomic E-state index is 0.134. The van der Waals surface area contributed by atoms with E-state index in [1.165, 1.54) is 24.3 Å². The first-order valence-corrected chi connectivity index (χ1v) is 8.37. The number of rotatable bonds is 4. The zero-order chi connectivity index (χ0) is 15.6. The van der Waals surface area contributed by atoms with Crippen molar-refractivity contribution in [3.63, 3.8) is 0 Å². The summed E-state index contributed by atoms with van der Waals surface area (Å²) in [6, 6.07) is 5.65. The normalized spacial score (nSPS) is 19.2. The quantitative estimate of drug-likeness (QED) is 0.851. The van der Waals surface area contributed by atoms with Crippen molar-refractivity contribution < 1.29 is 18.3 Å². The number of hydrogen-bond donors (Lipinski definition) is 2. The lowest BCUT2D eigenvalue weighted by atomic mass is 10.2. The lowest BCUT2D eigenvalue weighted by Crippen LogP contribution is -2.31. The number of nitrogens with zero attached hydrogens (tertiary/aromatic N) is 1. The van der Waals surface area contributed by atoms with E-state index in [9.17, 15) is 18.3 Å². The van der Waals surface area contributed by atoms with Gasteiger partial charge in [-0.15, -0.1) is 0 Å². The van der Waals surface area contributed by atoms with Crippen LogP contribution in [0.1, 0.15) is 30.6 Å². The number of likely N-dealkylation sites (tertiary alicyclic amines) is 1. The van der Waals surface area contributed by atoms with Crippen molar-refractivity contribution in [3.8, 4) is 0 Å². The maximum atomic E-state index is 12.2. The SMILES string of the molecule is CC(C)NS(=O)(=O)c1ccc(C(=O)N2CCC(O)C2)cc1. The molecular formula is C14H20N2O4S. The van der Waals surface area contributed by atoms with Crippen LogP contribution in [0.15, 0.2) is 29.2 Å². The Morgan fingerprint density at radius 3 is 2.43 bits per heavy atom. The summed E-state index contributed by atoms with van der Waals surface area (Å²) in [6.45, 7) is 4.34. The molecule has 0 aliphatic carbocycles. The monoisotopic (exact) mass is 312 g/mol. The lowest BCUT2D eigenvalue weighted by Gasteiger charge is -2.16. The topological polar surface area (TPSA) is 86.7 Å². The van der Waals surface area contributed by atoms with E-state index in [4.69, 9.17) is 0 Å². The zero-order valence-electron chi connectivity index (χ0n) is 12.1. The molecule has 2 rings (SSSR count). The Morgan fingerprint density at radius 1 is 1.33 bits per heavy atom. The molecule has 0 radical (unpaired) electrons.